The molecule has 0 radical (unpaired) electrons. The molecule has 3 aromatic rings. The molecular formula is C24H23N3O3. The van der Waals surface area contributed by atoms with E-state index in [0.29, 0.717) is 24.6 Å². The van der Waals surface area contributed by atoms with Crippen LogP contribution in [-0.4, -0.2) is 23.3 Å². The first-order chi connectivity index (χ1) is 14.6. The van der Waals surface area contributed by atoms with Gasteiger partial charge in [-0.15, -0.1) is 0 Å². The molecule has 0 saturated carbocycles. The smallest absolute Gasteiger partial charge is 0.229 e. The maximum Gasteiger partial charge on any atom is 0.229 e. The van der Waals surface area contributed by atoms with Crippen LogP contribution >= 0.6 is 0 Å². The monoisotopic (exact) mass is 401 g/mol. The number of nitrogens with zero attached hydrogens (tertiary/aromatic N) is 2. The number of rotatable bonds is 6. The Morgan fingerprint density at radius 1 is 1.10 bits per heavy atom. The fourth-order valence-corrected chi connectivity index (χ4v) is 3.55. The number of carbonyl (C=O) groups excluding carboxylic acids is 2. The van der Waals surface area contributed by atoms with Crippen LogP contribution in [0.4, 0.5) is 11.4 Å². The van der Waals surface area contributed by atoms with E-state index in [9.17, 15) is 9.59 Å². The molecule has 0 aliphatic carbocycles. The zero-order valence-corrected chi connectivity index (χ0v) is 16.7. The highest BCUT2D eigenvalue weighted by molar-refractivity contribution is 6.04. The maximum atomic E-state index is 12.9. The Hall–Kier alpha value is -3.67. The van der Waals surface area contributed by atoms with Crippen molar-refractivity contribution in [2.24, 2.45) is 5.92 Å². The second-order valence-electron chi connectivity index (χ2n) is 7.29. The molecule has 0 unspecified atom stereocenters. The Balaban J connectivity index is 1.43. The Kier molecular flexibility index (Phi) is 5.75. The number of carbonyl (C=O) groups is 2. The molecule has 1 N–H and O–H groups in total. The van der Waals surface area contributed by atoms with E-state index in [1.54, 1.807) is 23.2 Å². The molecule has 1 aliphatic rings. The van der Waals surface area contributed by atoms with Gasteiger partial charge in [0.15, 0.2) is 0 Å². The van der Waals surface area contributed by atoms with Gasteiger partial charge in [0.2, 0.25) is 11.8 Å². The van der Waals surface area contributed by atoms with Crippen LogP contribution in [0, 0.1) is 12.8 Å². The van der Waals surface area contributed by atoms with Gasteiger partial charge in [0.05, 0.1) is 17.3 Å². The van der Waals surface area contributed by atoms with E-state index in [4.69, 9.17) is 4.74 Å². The number of nitrogens with one attached hydrogen (secondary N) is 1. The molecule has 4 rings (SSSR count). The van der Waals surface area contributed by atoms with Crippen LogP contribution in [0.2, 0.25) is 0 Å². The SMILES string of the molecule is Cc1ccccc1N1C[C@H](C(=O)Nc2ccccc2OCc2ccccn2)CC1=O. The Labute approximate surface area is 175 Å². The van der Waals surface area contributed by atoms with E-state index < -0.39 is 5.92 Å². The number of para-hydroxylation sites is 3. The molecule has 2 heterocycles. The zero-order valence-electron chi connectivity index (χ0n) is 16.7. The summed E-state index contributed by atoms with van der Waals surface area (Å²) in [6.07, 6.45) is 1.90. The largest absolute Gasteiger partial charge is 0.485 e. The fourth-order valence-electron chi connectivity index (χ4n) is 3.55. The van der Waals surface area contributed by atoms with Crippen molar-refractivity contribution in [2.45, 2.75) is 20.0 Å². The molecule has 1 atom stereocenters. The first-order valence-electron chi connectivity index (χ1n) is 9.90. The average Bonchev–Trinajstić information content (AvgIpc) is 3.16. The number of anilines is 2. The standard InChI is InChI=1S/C24H23N3O3/c1-17-8-2-4-11-21(17)27-15-18(14-23(27)28)24(29)26-20-10-3-5-12-22(20)30-16-19-9-6-7-13-25-19/h2-13,18H,14-16H2,1H3,(H,26,29)/t18-/m1/s1. The molecule has 1 saturated heterocycles. The molecule has 2 amide bonds. The van der Waals surface area contributed by atoms with Gasteiger partial charge in [-0.1, -0.05) is 36.4 Å². The second kappa shape index (κ2) is 8.78. The lowest BCUT2D eigenvalue weighted by atomic mass is 10.1. The number of aryl methyl sites for hydroxylation is 1. The van der Waals surface area contributed by atoms with E-state index in [-0.39, 0.29) is 18.2 Å². The van der Waals surface area contributed by atoms with Crippen molar-refractivity contribution < 1.29 is 14.3 Å². The predicted molar refractivity (Wildman–Crippen MR) is 115 cm³/mol. The summed E-state index contributed by atoms with van der Waals surface area (Å²) in [4.78, 5) is 31.4. The minimum absolute atomic E-state index is 0.0378. The van der Waals surface area contributed by atoms with Gasteiger partial charge in [0, 0.05) is 24.8 Å². The van der Waals surface area contributed by atoms with Gasteiger partial charge in [-0.3, -0.25) is 14.6 Å². The Bertz CT molecular complexity index is 1050. The fraction of sp³-hybridized carbons (Fsp3) is 0.208. The van der Waals surface area contributed by atoms with E-state index >= 15 is 0 Å². The normalized spacial score (nSPS) is 15.8. The van der Waals surface area contributed by atoms with Gasteiger partial charge in [0.25, 0.3) is 0 Å². The van der Waals surface area contributed by atoms with Crippen molar-refractivity contribution in [3.8, 4) is 5.75 Å². The Morgan fingerprint density at radius 2 is 1.87 bits per heavy atom. The molecule has 1 aromatic heterocycles. The van der Waals surface area contributed by atoms with Gasteiger partial charge >= 0.3 is 0 Å². The molecule has 2 aromatic carbocycles. The number of pyridine rings is 1. The van der Waals surface area contributed by atoms with E-state index in [0.717, 1.165) is 16.9 Å². The van der Waals surface area contributed by atoms with Gasteiger partial charge in [-0.25, -0.2) is 0 Å². The van der Waals surface area contributed by atoms with E-state index in [1.165, 1.54) is 0 Å². The molecule has 1 fully saturated rings. The topological polar surface area (TPSA) is 71.5 Å². The van der Waals surface area contributed by atoms with Crippen LogP contribution < -0.4 is 15.0 Å². The van der Waals surface area contributed by atoms with Crippen molar-refractivity contribution in [1.29, 1.82) is 0 Å². The lowest BCUT2D eigenvalue weighted by Gasteiger charge is -2.19. The molecule has 0 spiro atoms. The number of aromatic nitrogens is 1. The number of amides is 2. The molecule has 152 valence electrons. The van der Waals surface area contributed by atoms with Crippen LogP contribution in [0.25, 0.3) is 0 Å². The highest BCUT2D eigenvalue weighted by Crippen LogP contribution is 2.30. The van der Waals surface area contributed by atoms with Gasteiger partial charge in [-0.05, 0) is 42.8 Å². The van der Waals surface area contributed by atoms with Crippen molar-refractivity contribution in [3.63, 3.8) is 0 Å². The van der Waals surface area contributed by atoms with Crippen LogP contribution in [-0.2, 0) is 16.2 Å². The summed E-state index contributed by atoms with van der Waals surface area (Å²) in [5.74, 6) is -0.0741. The third-order valence-corrected chi connectivity index (χ3v) is 5.15. The van der Waals surface area contributed by atoms with Crippen molar-refractivity contribution in [3.05, 3.63) is 84.2 Å². The summed E-state index contributed by atoms with van der Waals surface area (Å²) < 4.78 is 5.86. The highest BCUT2D eigenvalue weighted by atomic mass is 16.5. The zero-order chi connectivity index (χ0) is 20.9. The van der Waals surface area contributed by atoms with Crippen LogP contribution in [0.1, 0.15) is 17.7 Å². The van der Waals surface area contributed by atoms with Gasteiger partial charge in [-0.2, -0.15) is 0 Å². The average molecular weight is 401 g/mol. The van der Waals surface area contributed by atoms with E-state index in [2.05, 4.69) is 10.3 Å². The number of hydrogen-bond donors (Lipinski definition) is 1. The minimum Gasteiger partial charge on any atom is -0.485 e. The number of ether oxygens (including phenoxy) is 1. The first kappa shape index (κ1) is 19.6. The van der Waals surface area contributed by atoms with Gasteiger partial charge < -0.3 is 15.0 Å². The second-order valence-corrected chi connectivity index (χ2v) is 7.29. The lowest BCUT2D eigenvalue weighted by Crippen LogP contribution is -2.28. The van der Waals surface area contributed by atoms with Crippen molar-refractivity contribution in [2.75, 3.05) is 16.8 Å². The maximum absolute atomic E-state index is 12.9. The molecule has 6 heteroatoms. The molecule has 6 nitrogen and oxygen atoms in total. The summed E-state index contributed by atoms with van der Waals surface area (Å²) in [7, 11) is 0. The minimum atomic E-state index is -0.416. The third kappa shape index (κ3) is 4.33. The molecular weight excluding hydrogens is 378 g/mol. The number of hydrogen-bond acceptors (Lipinski definition) is 4. The molecule has 30 heavy (non-hydrogen) atoms. The molecule has 0 bridgehead atoms. The lowest BCUT2D eigenvalue weighted by molar-refractivity contribution is -0.122. The third-order valence-electron chi connectivity index (χ3n) is 5.15. The quantitative estimate of drug-likeness (QED) is 0.679. The summed E-state index contributed by atoms with van der Waals surface area (Å²) in [6, 6.07) is 20.6. The first-order valence-corrected chi connectivity index (χ1v) is 9.90. The molecule has 1 aliphatic heterocycles. The van der Waals surface area contributed by atoms with Crippen LogP contribution in [0.15, 0.2) is 72.9 Å². The van der Waals surface area contributed by atoms with Crippen molar-refractivity contribution >= 4 is 23.2 Å². The van der Waals surface area contributed by atoms with Crippen molar-refractivity contribution in [1.82, 2.24) is 4.98 Å². The number of benzene rings is 2. The summed E-state index contributed by atoms with van der Waals surface area (Å²) in [5.41, 5.74) is 3.26. The predicted octanol–water partition coefficient (Wildman–Crippen LogP) is 3.96. The highest BCUT2D eigenvalue weighted by Gasteiger charge is 2.35. The van der Waals surface area contributed by atoms with E-state index in [1.807, 2.05) is 61.5 Å². The van der Waals surface area contributed by atoms with Crippen LogP contribution in [0.5, 0.6) is 5.75 Å². The van der Waals surface area contributed by atoms with Crippen LogP contribution in [0.3, 0.4) is 0 Å². The van der Waals surface area contributed by atoms with Gasteiger partial charge in [0.1, 0.15) is 12.4 Å². The summed E-state index contributed by atoms with van der Waals surface area (Å²) in [5, 5.41) is 2.93. The summed E-state index contributed by atoms with van der Waals surface area (Å²) >= 11 is 0. The summed E-state index contributed by atoms with van der Waals surface area (Å²) in [6.45, 7) is 2.63. The Morgan fingerprint density at radius 3 is 2.67 bits per heavy atom.